The fraction of sp³-hybridized carbons (Fsp3) is 0.429. The predicted molar refractivity (Wildman–Crippen MR) is 78.5 cm³/mol. The van der Waals surface area contributed by atoms with Crippen molar-refractivity contribution in [2.45, 2.75) is 26.3 Å². The molecule has 0 bridgehead atoms. The summed E-state index contributed by atoms with van der Waals surface area (Å²) in [6.07, 6.45) is 3.10. The molecule has 0 saturated heterocycles. The molecule has 1 unspecified atom stereocenters. The van der Waals surface area contributed by atoms with Crippen LogP contribution in [0.25, 0.3) is 10.9 Å². The van der Waals surface area contributed by atoms with Crippen molar-refractivity contribution in [3.05, 3.63) is 30.0 Å². The Bertz CT molecular complexity index is 509. The molecule has 0 fully saturated rings. The molecule has 3 N–H and O–H groups in total. The van der Waals surface area contributed by atoms with Gasteiger partial charge in [0.2, 0.25) is 0 Å². The molecule has 4 heteroatoms. The van der Waals surface area contributed by atoms with E-state index in [1.54, 1.807) is 7.11 Å². The van der Waals surface area contributed by atoms with Gasteiger partial charge in [0.05, 0.1) is 7.11 Å². The first-order valence-electron chi connectivity index (χ1n) is 6.08. The second-order valence-electron chi connectivity index (χ2n) is 4.57. The number of aromatic amines is 1. The number of rotatable bonds is 4. The first kappa shape index (κ1) is 14.9. The monoisotopic (exact) mass is 268 g/mol. The van der Waals surface area contributed by atoms with Gasteiger partial charge in [0.1, 0.15) is 5.75 Å². The van der Waals surface area contributed by atoms with Crippen molar-refractivity contribution in [1.29, 1.82) is 0 Å². The number of fused-ring (bicyclic) bond motifs is 1. The van der Waals surface area contributed by atoms with Gasteiger partial charge in [-0.25, -0.2) is 0 Å². The highest BCUT2D eigenvalue weighted by Crippen LogP contribution is 2.30. The number of nitrogens with one attached hydrogen (secondary N) is 1. The van der Waals surface area contributed by atoms with E-state index in [0.717, 1.165) is 23.1 Å². The summed E-state index contributed by atoms with van der Waals surface area (Å²) in [7, 11) is 1.68. The Morgan fingerprint density at radius 2 is 2.11 bits per heavy atom. The molecule has 3 nitrogen and oxygen atoms in total. The molecule has 2 aromatic rings. The lowest BCUT2D eigenvalue weighted by molar-refractivity contribution is 0.415. The second-order valence-corrected chi connectivity index (χ2v) is 4.57. The Morgan fingerprint density at radius 3 is 2.72 bits per heavy atom. The normalized spacial score (nSPS) is 14.0. The summed E-state index contributed by atoms with van der Waals surface area (Å²) >= 11 is 0. The Kier molecular flexibility index (Phi) is 5.05. The molecule has 0 aliphatic carbocycles. The van der Waals surface area contributed by atoms with E-state index in [1.807, 2.05) is 24.4 Å². The Balaban J connectivity index is 0.00000162. The van der Waals surface area contributed by atoms with Gasteiger partial charge in [-0.3, -0.25) is 0 Å². The highest BCUT2D eigenvalue weighted by molar-refractivity contribution is 5.85. The lowest BCUT2D eigenvalue weighted by Gasteiger charge is -2.17. The zero-order valence-electron chi connectivity index (χ0n) is 11.1. The van der Waals surface area contributed by atoms with E-state index in [4.69, 9.17) is 10.5 Å². The topological polar surface area (TPSA) is 51.0 Å². The van der Waals surface area contributed by atoms with Gasteiger partial charge in [0.15, 0.2) is 0 Å². The molecular weight excluding hydrogens is 248 g/mol. The molecule has 0 aliphatic rings. The summed E-state index contributed by atoms with van der Waals surface area (Å²) in [5, 5.41) is 1.16. The molecule has 0 saturated carbocycles. The van der Waals surface area contributed by atoms with Crippen LogP contribution in [-0.4, -0.2) is 12.1 Å². The van der Waals surface area contributed by atoms with Crippen LogP contribution in [0.3, 0.4) is 0 Å². The maximum Gasteiger partial charge on any atom is 0.119 e. The summed E-state index contributed by atoms with van der Waals surface area (Å²) in [5.74, 6) is 1.34. The summed E-state index contributed by atoms with van der Waals surface area (Å²) in [6.45, 7) is 4.35. The molecule has 2 rings (SSSR count). The fourth-order valence-electron chi connectivity index (χ4n) is 2.08. The third-order valence-electron chi connectivity index (χ3n) is 3.54. The molecule has 1 aromatic carbocycles. The summed E-state index contributed by atoms with van der Waals surface area (Å²) in [5.41, 5.74) is 8.58. The number of nitrogens with two attached hydrogens (primary N) is 1. The number of benzene rings is 1. The van der Waals surface area contributed by atoms with Crippen LogP contribution in [0.1, 0.15) is 31.9 Å². The maximum absolute atomic E-state index is 6.29. The SMILES string of the molecule is CCC(C)[C@@H](N)c1c[nH]c2ccc(OC)cc12.Cl. The molecule has 100 valence electrons. The van der Waals surface area contributed by atoms with Gasteiger partial charge < -0.3 is 15.5 Å². The number of ether oxygens (including phenoxy) is 1. The number of aromatic nitrogens is 1. The van der Waals surface area contributed by atoms with Crippen molar-refractivity contribution in [3.63, 3.8) is 0 Å². The standard InChI is InChI=1S/C14H20N2O.ClH/c1-4-9(2)14(15)12-8-16-13-6-5-10(17-3)7-11(12)13;/h5-9,14,16H,4,15H2,1-3H3;1H/t9?,14-;/m1./s1. The summed E-state index contributed by atoms with van der Waals surface area (Å²) < 4.78 is 5.26. The van der Waals surface area contributed by atoms with Gasteiger partial charge in [-0.2, -0.15) is 0 Å². The Labute approximate surface area is 114 Å². The lowest BCUT2D eigenvalue weighted by Crippen LogP contribution is -2.18. The van der Waals surface area contributed by atoms with Crippen LogP contribution >= 0.6 is 12.4 Å². The van der Waals surface area contributed by atoms with Crippen molar-refractivity contribution in [2.24, 2.45) is 11.7 Å². The van der Waals surface area contributed by atoms with Gasteiger partial charge in [0.25, 0.3) is 0 Å². The van der Waals surface area contributed by atoms with E-state index in [-0.39, 0.29) is 18.4 Å². The van der Waals surface area contributed by atoms with Gasteiger partial charge in [-0.05, 0) is 29.7 Å². The largest absolute Gasteiger partial charge is 0.497 e. The Hall–Kier alpha value is -1.19. The van der Waals surface area contributed by atoms with Gasteiger partial charge in [-0.1, -0.05) is 20.3 Å². The van der Waals surface area contributed by atoms with Crippen molar-refractivity contribution in [3.8, 4) is 5.75 Å². The van der Waals surface area contributed by atoms with Crippen LogP contribution in [-0.2, 0) is 0 Å². The van der Waals surface area contributed by atoms with Gasteiger partial charge in [0, 0.05) is 23.1 Å². The molecular formula is C14H21ClN2O. The van der Waals surface area contributed by atoms with Crippen molar-refractivity contribution >= 4 is 23.3 Å². The van der Waals surface area contributed by atoms with Crippen LogP contribution in [0.2, 0.25) is 0 Å². The van der Waals surface area contributed by atoms with E-state index in [2.05, 4.69) is 18.8 Å². The minimum Gasteiger partial charge on any atom is -0.497 e. The number of methoxy groups -OCH3 is 1. The van der Waals surface area contributed by atoms with Gasteiger partial charge >= 0.3 is 0 Å². The molecule has 18 heavy (non-hydrogen) atoms. The average Bonchev–Trinajstić information content (AvgIpc) is 2.79. The quantitative estimate of drug-likeness (QED) is 0.889. The van der Waals surface area contributed by atoms with Crippen LogP contribution in [0.5, 0.6) is 5.75 Å². The first-order chi connectivity index (χ1) is 8.17. The third-order valence-corrected chi connectivity index (χ3v) is 3.54. The zero-order valence-corrected chi connectivity index (χ0v) is 11.9. The smallest absolute Gasteiger partial charge is 0.119 e. The summed E-state index contributed by atoms with van der Waals surface area (Å²) in [4.78, 5) is 3.26. The van der Waals surface area contributed by atoms with Crippen molar-refractivity contribution < 1.29 is 4.74 Å². The highest BCUT2D eigenvalue weighted by Gasteiger charge is 2.17. The minimum absolute atomic E-state index is 0. The highest BCUT2D eigenvalue weighted by atomic mass is 35.5. The van der Waals surface area contributed by atoms with E-state index in [9.17, 15) is 0 Å². The number of hydrogen-bond donors (Lipinski definition) is 2. The second kappa shape index (κ2) is 6.12. The molecule has 2 atom stereocenters. The van der Waals surface area contributed by atoms with E-state index in [1.165, 1.54) is 5.56 Å². The van der Waals surface area contributed by atoms with Crippen molar-refractivity contribution in [1.82, 2.24) is 4.98 Å². The van der Waals surface area contributed by atoms with Crippen LogP contribution in [0, 0.1) is 5.92 Å². The zero-order chi connectivity index (χ0) is 12.4. The van der Waals surface area contributed by atoms with E-state index in [0.29, 0.717) is 5.92 Å². The third kappa shape index (κ3) is 2.62. The molecule has 1 heterocycles. The fourth-order valence-corrected chi connectivity index (χ4v) is 2.08. The summed E-state index contributed by atoms with van der Waals surface area (Å²) in [6, 6.07) is 6.10. The molecule has 0 amide bonds. The van der Waals surface area contributed by atoms with E-state index < -0.39 is 0 Å². The van der Waals surface area contributed by atoms with E-state index >= 15 is 0 Å². The van der Waals surface area contributed by atoms with Crippen molar-refractivity contribution in [2.75, 3.05) is 7.11 Å². The average molecular weight is 269 g/mol. The lowest BCUT2D eigenvalue weighted by atomic mass is 9.93. The number of halogens is 1. The van der Waals surface area contributed by atoms with Crippen LogP contribution < -0.4 is 10.5 Å². The molecule has 0 spiro atoms. The van der Waals surface area contributed by atoms with Crippen LogP contribution in [0.15, 0.2) is 24.4 Å². The number of hydrogen-bond acceptors (Lipinski definition) is 2. The minimum atomic E-state index is 0. The number of H-pyrrole nitrogens is 1. The predicted octanol–water partition coefficient (Wildman–Crippen LogP) is 3.64. The first-order valence-corrected chi connectivity index (χ1v) is 6.08. The van der Waals surface area contributed by atoms with Gasteiger partial charge in [-0.15, -0.1) is 12.4 Å². The molecule has 0 radical (unpaired) electrons. The Morgan fingerprint density at radius 1 is 1.39 bits per heavy atom. The van der Waals surface area contributed by atoms with Crippen LogP contribution in [0.4, 0.5) is 0 Å². The maximum atomic E-state index is 6.29. The molecule has 1 aromatic heterocycles. The molecule has 0 aliphatic heterocycles.